The van der Waals surface area contributed by atoms with E-state index in [1.54, 1.807) is 31.5 Å². The van der Waals surface area contributed by atoms with E-state index >= 15 is 0 Å². The number of para-hydroxylation sites is 1. The van der Waals surface area contributed by atoms with Crippen LogP contribution >= 0.6 is 11.8 Å². The van der Waals surface area contributed by atoms with Crippen molar-refractivity contribution in [1.29, 1.82) is 0 Å². The van der Waals surface area contributed by atoms with Gasteiger partial charge in [-0.05, 0) is 49.2 Å². The molecule has 2 aromatic carbocycles. The van der Waals surface area contributed by atoms with E-state index in [0.717, 1.165) is 16.8 Å². The minimum Gasteiger partial charge on any atom is -0.338 e. The second-order valence-electron chi connectivity index (χ2n) is 7.43. The molecule has 3 aromatic heterocycles. The number of aryl methyl sites for hydroxylation is 2. The number of hydrogen-bond acceptors (Lipinski definition) is 7. The summed E-state index contributed by atoms with van der Waals surface area (Å²) in [6, 6.07) is 16.7. The number of aromatic nitrogens is 6. The van der Waals surface area contributed by atoms with Crippen molar-refractivity contribution in [3.05, 3.63) is 89.8 Å². The maximum Gasteiger partial charge on any atom is 0.237 e. The molecule has 0 saturated carbocycles. The molecule has 5 aromatic rings. The molecule has 5 rings (SSSR count). The molecular formula is C24H19FN6OS. The lowest BCUT2D eigenvalue weighted by Crippen LogP contribution is -2.02. The van der Waals surface area contributed by atoms with Gasteiger partial charge in [0.25, 0.3) is 0 Å². The maximum absolute atomic E-state index is 13.9. The fraction of sp³-hybridized carbons (Fsp3) is 0.125. The van der Waals surface area contributed by atoms with Crippen LogP contribution in [-0.4, -0.2) is 29.9 Å². The van der Waals surface area contributed by atoms with Crippen LogP contribution < -0.4 is 0 Å². The van der Waals surface area contributed by atoms with Crippen LogP contribution in [0.1, 0.15) is 17.0 Å². The summed E-state index contributed by atoms with van der Waals surface area (Å²) in [6.45, 7) is 3.75. The second kappa shape index (κ2) is 8.95. The predicted octanol–water partition coefficient (Wildman–Crippen LogP) is 5.43. The summed E-state index contributed by atoms with van der Waals surface area (Å²) < 4.78 is 21.3. The van der Waals surface area contributed by atoms with Crippen LogP contribution in [0.25, 0.3) is 28.5 Å². The third-order valence-electron chi connectivity index (χ3n) is 5.13. The zero-order valence-corrected chi connectivity index (χ0v) is 18.8. The summed E-state index contributed by atoms with van der Waals surface area (Å²) in [6.07, 6.45) is 3.49. The highest BCUT2D eigenvalue weighted by Gasteiger charge is 2.19. The molecule has 0 unspecified atom stereocenters. The van der Waals surface area contributed by atoms with Crippen molar-refractivity contribution < 1.29 is 8.91 Å². The lowest BCUT2D eigenvalue weighted by atomic mass is 10.1. The fourth-order valence-electron chi connectivity index (χ4n) is 3.37. The largest absolute Gasteiger partial charge is 0.338 e. The highest BCUT2D eigenvalue weighted by Crippen LogP contribution is 2.31. The first-order valence-corrected chi connectivity index (χ1v) is 11.2. The Labute approximate surface area is 193 Å². The van der Waals surface area contributed by atoms with Crippen LogP contribution in [0.2, 0.25) is 0 Å². The van der Waals surface area contributed by atoms with Gasteiger partial charge in [-0.1, -0.05) is 47.3 Å². The molecule has 7 nitrogen and oxygen atoms in total. The van der Waals surface area contributed by atoms with Gasteiger partial charge in [0.2, 0.25) is 11.7 Å². The third-order valence-corrected chi connectivity index (χ3v) is 6.05. The Morgan fingerprint density at radius 1 is 0.970 bits per heavy atom. The summed E-state index contributed by atoms with van der Waals surface area (Å²) in [5.41, 5.74) is 4.07. The van der Waals surface area contributed by atoms with Gasteiger partial charge in [0, 0.05) is 23.5 Å². The topological polar surface area (TPSA) is 82.5 Å². The standard InChI is InChI=1S/C24H19FN6OS/c1-15-9-10-17(12-19(15)25)22-27-21(32-30-22)14-33-24-29-28-23(18-7-5-11-26-13-18)31(24)20-8-4-3-6-16(20)2/h3-13H,14H2,1-2H3. The van der Waals surface area contributed by atoms with E-state index in [2.05, 4.69) is 25.3 Å². The quantitative estimate of drug-likeness (QED) is 0.314. The Kier molecular flexibility index (Phi) is 5.70. The van der Waals surface area contributed by atoms with Crippen LogP contribution in [0, 0.1) is 19.7 Å². The van der Waals surface area contributed by atoms with E-state index in [0.29, 0.717) is 39.6 Å². The molecule has 0 amide bonds. The van der Waals surface area contributed by atoms with Crippen LogP contribution in [0.5, 0.6) is 0 Å². The number of thioether (sulfide) groups is 1. The Bertz CT molecular complexity index is 1420. The monoisotopic (exact) mass is 458 g/mol. The predicted molar refractivity (Wildman–Crippen MR) is 123 cm³/mol. The molecule has 0 aliphatic heterocycles. The minimum absolute atomic E-state index is 0.303. The molecule has 3 heterocycles. The summed E-state index contributed by atoms with van der Waals surface area (Å²) in [4.78, 5) is 8.63. The van der Waals surface area contributed by atoms with Crippen molar-refractivity contribution in [2.45, 2.75) is 24.8 Å². The van der Waals surface area contributed by atoms with E-state index < -0.39 is 0 Å². The molecule has 0 aliphatic rings. The second-order valence-corrected chi connectivity index (χ2v) is 8.38. The Balaban J connectivity index is 1.45. The lowest BCUT2D eigenvalue weighted by Gasteiger charge is -2.12. The first-order chi connectivity index (χ1) is 16.1. The van der Waals surface area contributed by atoms with Gasteiger partial charge in [-0.3, -0.25) is 9.55 Å². The van der Waals surface area contributed by atoms with E-state index in [4.69, 9.17) is 4.52 Å². The fourth-order valence-corrected chi connectivity index (χ4v) is 4.15. The summed E-state index contributed by atoms with van der Waals surface area (Å²) in [7, 11) is 0. The highest BCUT2D eigenvalue weighted by atomic mass is 32.2. The average Bonchev–Trinajstić information content (AvgIpc) is 3.48. The van der Waals surface area contributed by atoms with Crippen LogP contribution in [-0.2, 0) is 5.75 Å². The number of benzene rings is 2. The maximum atomic E-state index is 13.9. The van der Waals surface area contributed by atoms with Gasteiger partial charge in [0.1, 0.15) is 5.82 Å². The van der Waals surface area contributed by atoms with Crippen molar-refractivity contribution in [1.82, 2.24) is 29.9 Å². The molecule has 0 atom stereocenters. The highest BCUT2D eigenvalue weighted by molar-refractivity contribution is 7.98. The average molecular weight is 459 g/mol. The van der Waals surface area contributed by atoms with Gasteiger partial charge in [0.05, 0.1) is 11.4 Å². The first-order valence-electron chi connectivity index (χ1n) is 10.2. The lowest BCUT2D eigenvalue weighted by molar-refractivity contribution is 0.391. The van der Waals surface area contributed by atoms with Crippen molar-refractivity contribution in [2.24, 2.45) is 0 Å². The molecule has 0 aliphatic carbocycles. The van der Waals surface area contributed by atoms with Crippen molar-refractivity contribution in [3.8, 4) is 28.5 Å². The van der Waals surface area contributed by atoms with Crippen molar-refractivity contribution >= 4 is 11.8 Å². The van der Waals surface area contributed by atoms with Gasteiger partial charge >= 0.3 is 0 Å². The van der Waals surface area contributed by atoms with E-state index in [1.807, 2.05) is 47.9 Å². The molecule has 0 N–H and O–H groups in total. The van der Waals surface area contributed by atoms with Crippen LogP contribution in [0.4, 0.5) is 4.39 Å². The Hall–Kier alpha value is -3.85. The van der Waals surface area contributed by atoms with E-state index in [-0.39, 0.29) is 5.82 Å². The first kappa shape index (κ1) is 21.0. The summed E-state index contributed by atoms with van der Waals surface area (Å²) in [5.74, 6) is 1.54. The third kappa shape index (κ3) is 4.27. The molecular weight excluding hydrogens is 439 g/mol. The number of hydrogen-bond donors (Lipinski definition) is 0. The molecule has 0 spiro atoms. The Morgan fingerprint density at radius 3 is 2.64 bits per heavy atom. The zero-order chi connectivity index (χ0) is 22.8. The summed E-state index contributed by atoms with van der Waals surface area (Å²) >= 11 is 1.43. The molecule has 9 heteroatoms. The van der Waals surface area contributed by atoms with Gasteiger partial charge in [-0.25, -0.2) is 4.39 Å². The van der Waals surface area contributed by atoms with Gasteiger partial charge in [-0.15, -0.1) is 10.2 Å². The van der Waals surface area contributed by atoms with Crippen LogP contribution in [0.3, 0.4) is 0 Å². The SMILES string of the molecule is Cc1ccc(-c2noc(CSc3nnc(-c4cccnc4)n3-c3ccccc3C)n2)cc1F. The van der Waals surface area contributed by atoms with Gasteiger partial charge in [-0.2, -0.15) is 4.98 Å². The minimum atomic E-state index is -0.303. The molecule has 33 heavy (non-hydrogen) atoms. The molecule has 0 saturated heterocycles. The van der Waals surface area contributed by atoms with E-state index in [9.17, 15) is 4.39 Å². The van der Waals surface area contributed by atoms with Crippen LogP contribution in [0.15, 0.2) is 76.7 Å². The molecule has 0 bridgehead atoms. The number of halogens is 1. The number of rotatable bonds is 6. The van der Waals surface area contributed by atoms with Crippen molar-refractivity contribution in [3.63, 3.8) is 0 Å². The summed E-state index contributed by atoms with van der Waals surface area (Å²) in [5, 5.41) is 13.5. The number of pyridine rings is 1. The zero-order valence-electron chi connectivity index (χ0n) is 17.9. The van der Waals surface area contributed by atoms with Crippen molar-refractivity contribution in [2.75, 3.05) is 0 Å². The van der Waals surface area contributed by atoms with Gasteiger partial charge in [0.15, 0.2) is 11.0 Å². The normalized spacial score (nSPS) is 11.1. The molecule has 0 radical (unpaired) electrons. The van der Waals surface area contributed by atoms with Gasteiger partial charge < -0.3 is 4.52 Å². The smallest absolute Gasteiger partial charge is 0.237 e. The molecule has 164 valence electrons. The molecule has 0 fully saturated rings. The number of nitrogens with zero attached hydrogens (tertiary/aromatic N) is 6. The Morgan fingerprint density at radius 2 is 1.85 bits per heavy atom. The van der Waals surface area contributed by atoms with E-state index in [1.165, 1.54) is 17.8 Å².